The van der Waals surface area contributed by atoms with Gasteiger partial charge in [-0.25, -0.2) is 8.78 Å². The van der Waals surface area contributed by atoms with Crippen LogP contribution < -0.4 is 5.73 Å². The number of alkyl halides is 2. The number of fused-ring (bicyclic) bond motifs is 1. The minimum Gasteiger partial charge on any atom is -0.506 e. The van der Waals surface area contributed by atoms with E-state index in [-0.39, 0.29) is 24.4 Å². The van der Waals surface area contributed by atoms with Gasteiger partial charge in [-0.3, -0.25) is 4.79 Å². The highest BCUT2D eigenvalue weighted by molar-refractivity contribution is 6.03. The molecule has 0 saturated carbocycles. The zero-order chi connectivity index (χ0) is 15.4. The number of phenols is 1. The molecule has 0 atom stereocenters. The maximum absolute atomic E-state index is 12.5. The molecule has 0 unspecified atom stereocenters. The lowest BCUT2D eigenvalue weighted by Crippen LogP contribution is -2.38. The summed E-state index contributed by atoms with van der Waals surface area (Å²) in [5.74, 6) is -0.849. The summed E-state index contributed by atoms with van der Waals surface area (Å²) >= 11 is 0. The number of nitrogens with two attached hydrogens (primary N) is 1. The zero-order valence-electron chi connectivity index (χ0n) is 11.3. The normalized spacial score (nSPS) is 11.0. The van der Waals surface area contributed by atoms with E-state index in [2.05, 4.69) is 0 Å². The van der Waals surface area contributed by atoms with E-state index < -0.39 is 18.9 Å². The van der Waals surface area contributed by atoms with E-state index >= 15 is 0 Å². The molecule has 3 N–H and O–H groups in total. The van der Waals surface area contributed by atoms with Gasteiger partial charge in [-0.05, 0) is 11.5 Å². The highest BCUT2D eigenvalue weighted by atomic mass is 19.3. The number of carbonyl (C=O) groups excluding carboxylic acids is 1. The minimum atomic E-state index is -2.65. The van der Waals surface area contributed by atoms with Crippen molar-refractivity contribution in [1.82, 2.24) is 4.90 Å². The molecule has 4 nitrogen and oxygen atoms in total. The molecule has 0 heterocycles. The van der Waals surface area contributed by atoms with Gasteiger partial charge >= 0.3 is 0 Å². The summed E-state index contributed by atoms with van der Waals surface area (Å²) in [6, 6.07) is 10.1. The van der Waals surface area contributed by atoms with Gasteiger partial charge in [-0.15, -0.1) is 0 Å². The van der Waals surface area contributed by atoms with E-state index in [1.54, 1.807) is 30.3 Å². The van der Waals surface area contributed by atoms with Crippen LogP contribution in [-0.2, 0) is 0 Å². The molecule has 6 heteroatoms. The molecule has 2 aromatic carbocycles. The Morgan fingerprint density at radius 3 is 2.62 bits per heavy atom. The number of phenolic OH excluding ortho intramolecular Hbond substituents is 1. The van der Waals surface area contributed by atoms with Crippen LogP contribution in [0.3, 0.4) is 0 Å². The van der Waals surface area contributed by atoms with Crippen LogP contribution in [0.15, 0.2) is 36.4 Å². The number of benzene rings is 2. The lowest BCUT2D eigenvalue weighted by molar-refractivity contribution is 0.0560. The van der Waals surface area contributed by atoms with Crippen molar-refractivity contribution in [2.45, 2.75) is 6.43 Å². The van der Waals surface area contributed by atoms with Crippen LogP contribution in [-0.4, -0.2) is 42.0 Å². The number of aromatic hydroxyl groups is 1. The van der Waals surface area contributed by atoms with E-state index in [1.165, 1.54) is 6.07 Å². The van der Waals surface area contributed by atoms with Crippen LogP contribution in [0.25, 0.3) is 10.8 Å². The molecule has 0 aromatic heterocycles. The number of nitrogens with zero attached hydrogens (tertiary/aromatic N) is 1. The largest absolute Gasteiger partial charge is 0.506 e. The molecule has 112 valence electrons. The van der Waals surface area contributed by atoms with Crippen molar-refractivity contribution in [2.75, 3.05) is 19.6 Å². The highest BCUT2D eigenvalue weighted by Gasteiger charge is 2.22. The van der Waals surface area contributed by atoms with Crippen molar-refractivity contribution in [3.63, 3.8) is 0 Å². The fraction of sp³-hybridized carbons (Fsp3) is 0.267. The van der Waals surface area contributed by atoms with Crippen LogP contribution in [0.2, 0.25) is 0 Å². The SMILES string of the molecule is NCCN(CC(F)F)C(=O)c1ccc2ccccc2c1O. The number of carbonyl (C=O) groups is 1. The summed E-state index contributed by atoms with van der Waals surface area (Å²) in [7, 11) is 0. The molecule has 21 heavy (non-hydrogen) atoms. The predicted octanol–water partition coefficient (Wildman–Crippen LogP) is 2.21. The second kappa shape index (κ2) is 6.49. The summed E-state index contributed by atoms with van der Waals surface area (Å²) in [5.41, 5.74) is 5.35. The molecule has 2 aromatic rings. The van der Waals surface area contributed by atoms with Gasteiger partial charge < -0.3 is 15.7 Å². The maximum atomic E-state index is 12.5. The smallest absolute Gasteiger partial charge is 0.257 e. The number of hydrogen-bond donors (Lipinski definition) is 2. The third kappa shape index (κ3) is 3.28. The van der Waals surface area contributed by atoms with Crippen LogP contribution in [0.5, 0.6) is 5.75 Å². The lowest BCUT2D eigenvalue weighted by Gasteiger charge is -2.22. The molecule has 0 aliphatic heterocycles. The zero-order valence-corrected chi connectivity index (χ0v) is 11.3. The second-order valence-electron chi connectivity index (χ2n) is 4.61. The van der Waals surface area contributed by atoms with Gasteiger partial charge in [-0.2, -0.15) is 0 Å². The summed E-state index contributed by atoms with van der Waals surface area (Å²) in [5, 5.41) is 11.5. The molecule has 1 amide bonds. The Labute approximate surface area is 120 Å². The molecule has 0 aliphatic rings. The van der Waals surface area contributed by atoms with Crippen LogP contribution in [0.1, 0.15) is 10.4 Å². The third-order valence-electron chi connectivity index (χ3n) is 3.18. The fourth-order valence-corrected chi connectivity index (χ4v) is 2.20. The summed E-state index contributed by atoms with van der Waals surface area (Å²) in [6.45, 7) is -0.620. The first-order chi connectivity index (χ1) is 10.0. The van der Waals surface area contributed by atoms with Gasteiger partial charge in [0.25, 0.3) is 12.3 Å². The molecule has 0 fully saturated rings. The first-order valence-corrected chi connectivity index (χ1v) is 6.52. The van der Waals surface area contributed by atoms with Crippen molar-refractivity contribution < 1.29 is 18.7 Å². The Morgan fingerprint density at radius 2 is 1.95 bits per heavy atom. The first-order valence-electron chi connectivity index (χ1n) is 6.52. The monoisotopic (exact) mass is 294 g/mol. The van der Waals surface area contributed by atoms with Crippen LogP contribution in [0, 0.1) is 0 Å². The molecule has 0 aliphatic carbocycles. The lowest BCUT2D eigenvalue weighted by atomic mass is 10.0. The summed E-state index contributed by atoms with van der Waals surface area (Å²) in [6.07, 6.45) is -2.65. The van der Waals surface area contributed by atoms with E-state index in [9.17, 15) is 18.7 Å². The minimum absolute atomic E-state index is 0.00259. The highest BCUT2D eigenvalue weighted by Crippen LogP contribution is 2.29. The molecular weight excluding hydrogens is 278 g/mol. The fourth-order valence-electron chi connectivity index (χ4n) is 2.20. The van der Waals surface area contributed by atoms with Crippen molar-refractivity contribution >= 4 is 16.7 Å². The Kier molecular flexibility index (Phi) is 4.70. The molecule has 0 bridgehead atoms. The average molecular weight is 294 g/mol. The standard InChI is InChI=1S/C15H16F2N2O2/c16-13(17)9-19(8-7-18)15(21)12-6-5-10-3-1-2-4-11(10)14(12)20/h1-6,13,20H,7-9,18H2. The Morgan fingerprint density at radius 1 is 1.24 bits per heavy atom. The average Bonchev–Trinajstić information content (AvgIpc) is 2.46. The maximum Gasteiger partial charge on any atom is 0.257 e. The topological polar surface area (TPSA) is 66.6 Å². The van der Waals surface area contributed by atoms with Crippen LogP contribution in [0.4, 0.5) is 8.78 Å². The van der Waals surface area contributed by atoms with E-state index in [0.29, 0.717) is 5.39 Å². The van der Waals surface area contributed by atoms with Gasteiger partial charge in [0.05, 0.1) is 12.1 Å². The van der Waals surface area contributed by atoms with E-state index in [4.69, 9.17) is 5.73 Å². The molecule has 0 radical (unpaired) electrons. The van der Waals surface area contributed by atoms with Crippen molar-refractivity contribution in [1.29, 1.82) is 0 Å². The Hall–Kier alpha value is -2.21. The molecule has 0 saturated heterocycles. The van der Waals surface area contributed by atoms with Crippen molar-refractivity contribution in [3.05, 3.63) is 42.0 Å². The first kappa shape index (κ1) is 15.2. The quantitative estimate of drug-likeness (QED) is 0.888. The second-order valence-corrected chi connectivity index (χ2v) is 4.61. The molecule has 2 rings (SSSR count). The Balaban J connectivity index is 2.39. The number of halogens is 2. The van der Waals surface area contributed by atoms with E-state index in [0.717, 1.165) is 10.3 Å². The van der Waals surface area contributed by atoms with Gasteiger partial charge in [0.15, 0.2) is 0 Å². The Bertz CT molecular complexity index is 647. The summed E-state index contributed by atoms with van der Waals surface area (Å²) in [4.78, 5) is 13.3. The molecule has 0 spiro atoms. The number of hydrogen-bond acceptors (Lipinski definition) is 3. The van der Waals surface area contributed by atoms with E-state index in [1.807, 2.05) is 0 Å². The van der Waals surface area contributed by atoms with Gasteiger partial charge in [-0.1, -0.05) is 30.3 Å². The number of amides is 1. The van der Waals surface area contributed by atoms with Gasteiger partial charge in [0, 0.05) is 18.5 Å². The number of rotatable bonds is 5. The third-order valence-corrected chi connectivity index (χ3v) is 3.18. The van der Waals surface area contributed by atoms with Crippen molar-refractivity contribution in [3.8, 4) is 5.75 Å². The predicted molar refractivity (Wildman–Crippen MR) is 76.6 cm³/mol. The van der Waals surface area contributed by atoms with Crippen LogP contribution >= 0.6 is 0 Å². The summed E-state index contributed by atoms with van der Waals surface area (Å²) < 4.78 is 25.1. The molecular formula is C15H16F2N2O2. The van der Waals surface area contributed by atoms with Gasteiger partial charge in [0.2, 0.25) is 0 Å². The van der Waals surface area contributed by atoms with Gasteiger partial charge in [0.1, 0.15) is 5.75 Å². The van der Waals surface area contributed by atoms with Crippen molar-refractivity contribution in [2.24, 2.45) is 5.73 Å².